The number of ether oxygens (including phenoxy) is 3. The van der Waals surface area contributed by atoms with Gasteiger partial charge in [-0.2, -0.15) is 34.4 Å². The van der Waals surface area contributed by atoms with Gasteiger partial charge in [0.25, 0.3) is 11.1 Å². The standard InChI is InChI=1S/C19H20N2O4S.C11H12N2O5S.BCl3/c1-3-19(4-2)16(24-12-13-8-6-5-7-9-13)15(23)17(25-19)21-11-10-14(22)20-18(21)26;1-2-11(5-14)8(17)7(16)9(18-11)13-4-3-6(15)12-10(13)19;2-1(3)4/h1,5-11,15-17,23H,4,12H2,2H3,(H,20,22,26);1,3-4,7-9,14,16-17H,5H2,(H,12,15,19);/t15-,16?,17+,19+;7-,8?,9+,11+;/m00./s1. The number of rotatable bonds is 7. The van der Waals surface area contributed by atoms with Gasteiger partial charge in [0.05, 0.1) is 13.2 Å². The summed E-state index contributed by atoms with van der Waals surface area (Å²) in [6.45, 7) is 1.51. The van der Waals surface area contributed by atoms with E-state index in [-0.39, 0.29) is 15.1 Å². The van der Waals surface area contributed by atoms with Gasteiger partial charge in [-0.25, -0.2) is 0 Å². The third-order valence-corrected chi connectivity index (χ3v) is 8.22. The molecule has 0 amide bonds. The first kappa shape index (κ1) is 40.6. The maximum Gasteiger partial charge on any atom is 0.450 e. The second kappa shape index (κ2) is 17.9. The summed E-state index contributed by atoms with van der Waals surface area (Å²) in [6, 6.07) is 12.1. The maximum atomic E-state index is 11.4. The van der Waals surface area contributed by atoms with Gasteiger partial charge in [-0.15, -0.1) is 12.8 Å². The largest absolute Gasteiger partial charge is 0.450 e. The number of benzene rings is 1. The third-order valence-electron chi connectivity index (χ3n) is 7.59. The van der Waals surface area contributed by atoms with Crippen LogP contribution < -0.4 is 11.1 Å². The highest BCUT2D eigenvalue weighted by Gasteiger charge is 2.55. The molecule has 2 saturated heterocycles. The van der Waals surface area contributed by atoms with Crippen LogP contribution >= 0.6 is 58.8 Å². The van der Waals surface area contributed by atoms with E-state index in [2.05, 4.69) is 21.8 Å². The van der Waals surface area contributed by atoms with E-state index in [4.69, 9.17) is 85.9 Å². The summed E-state index contributed by atoms with van der Waals surface area (Å²) >= 11 is 24.5. The zero-order valence-corrected chi connectivity index (χ0v) is 29.6. The van der Waals surface area contributed by atoms with Crippen molar-refractivity contribution in [1.29, 1.82) is 0 Å². The molecule has 0 spiro atoms. The molecule has 49 heavy (non-hydrogen) atoms. The van der Waals surface area contributed by atoms with Crippen LogP contribution in [-0.4, -0.2) is 86.7 Å². The predicted octanol–water partition coefficient (Wildman–Crippen LogP) is 2.37. The molecule has 2 aliphatic heterocycles. The first-order chi connectivity index (χ1) is 23.2. The average Bonchev–Trinajstić information content (AvgIpc) is 3.50. The van der Waals surface area contributed by atoms with Gasteiger partial charge < -0.3 is 34.6 Å². The summed E-state index contributed by atoms with van der Waals surface area (Å²) in [5, 5.41) is 40.0. The van der Waals surface area contributed by atoms with Crippen LogP contribution in [0.25, 0.3) is 0 Å². The Morgan fingerprint density at radius 1 is 0.898 bits per heavy atom. The van der Waals surface area contributed by atoms with Gasteiger partial charge in [0.15, 0.2) is 33.2 Å². The fourth-order valence-corrected chi connectivity index (χ4v) is 5.59. The van der Waals surface area contributed by atoms with Crippen molar-refractivity contribution in [2.24, 2.45) is 0 Å². The van der Waals surface area contributed by atoms with Crippen LogP contribution in [0.2, 0.25) is 0 Å². The number of hydrogen-bond donors (Lipinski definition) is 6. The van der Waals surface area contributed by atoms with Gasteiger partial charge in [-0.1, -0.05) is 49.1 Å². The SMILES string of the molecule is C#C[C@]1(CC)O[C@@H](n2ccc(=O)[nH]c2=S)[C@@H](O)C1OCc1ccccc1.C#C[C@]1(CO)O[C@@H](n2ccc(=O)[nH]c2=S)[C@@H](O)C1O.ClB(Cl)Cl. The second-order valence-electron chi connectivity index (χ2n) is 10.5. The van der Waals surface area contributed by atoms with Crippen molar-refractivity contribution >= 4 is 63.8 Å². The summed E-state index contributed by atoms with van der Waals surface area (Å²) < 4.78 is 20.3. The molecule has 2 unspecified atom stereocenters. The molecule has 4 heterocycles. The molecule has 262 valence electrons. The number of nitrogens with one attached hydrogen (secondary N) is 2. The Morgan fingerprint density at radius 3 is 1.78 bits per heavy atom. The van der Waals surface area contributed by atoms with Crippen molar-refractivity contribution in [2.75, 3.05) is 6.61 Å². The van der Waals surface area contributed by atoms with E-state index in [0.29, 0.717) is 13.0 Å². The Balaban J connectivity index is 0.000000249. The topological polar surface area (TPSA) is 184 Å². The Hall–Kier alpha value is -2.81. The van der Waals surface area contributed by atoms with Crippen molar-refractivity contribution in [3.8, 4) is 24.7 Å². The van der Waals surface area contributed by atoms with Crippen molar-refractivity contribution in [2.45, 2.75) is 68.0 Å². The zero-order chi connectivity index (χ0) is 36.5. The quantitative estimate of drug-likeness (QED) is 0.118. The summed E-state index contributed by atoms with van der Waals surface area (Å²) in [5.41, 5.74) is -2.56. The summed E-state index contributed by atoms with van der Waals surface area (Å²) in [6.07, 6.45) is 7.63. The third kappa shape index (κ3) is 9.50. The van der Waals surface area contributed by atoms with E-state index in [0.717, 1.165) is 5.56 Å². The molecule has 8 atom stereocenters. The zero-order valence-electron chi connectivity index (χ0n) is 25.7. The minimum Gasteiger partial charge on any atom is -0.392 e. The smallest absolute Gasteiger partial charge is 0.392 e. The Kier molecular flexibility index (Phi) is 14.9. The molecule has 3 aromatic rings. The average molecular weight is 774 g/mol. The number of terminal acetylenes is 2. The van der Waals surface area contributed by atoms with Gasteiger partial charge in [0, 0.05) is 24.5 Å². The van der Waals surface area contributed by atoms with Crippen LogP contribution in [0.1, 0.15) is 31.4 Å². The lowest BCUT2D eigenvalue weighted by atomic mass is 9.93. The highest BCUT2D eigenvalue weighted by molar-refractivity contribution is 7.71. The lowest BCUT2D eigenvalue weighted by Crippen LogP contribution is -2.44. The van der Waals surface area contributed by atoms with Crippen LogP contribution in [0.5, 0.6) is 0 Å². The maximum absolute atomic E-state index is 11.4. The minimum atomic E-state index is -1.70. The molecule has 1 aromatic carbocycles. The van der Waals surface area contributed by atoms with Gasteiger partial charge in [-0.05, 0) is 36.4 Å². The fourth-order valence-electron chi connectivity index (χ4n) is 5.05. The van der Waals surface area contributed by atoms with Gasteiger partial charge in [-0.3, -0.25) is 28.7 Å². The fraction of sp³-hybridized carbons (Fsp3) is 0.400. The molecule has 0 radical (unpaired) electrons. The summed E-state index contributed by atoms with van der Waals surface area (Å²) in [7, 11) is 0. The highest BCUT2D eigenvalue weighted by atomic mass is 35.6. The molecule has 2 fully saturated rings. The van der Waals surface area contributed by atoms with Gasteiger partial charge in [0.1, 0.15) is 24.4 Å². The van der Waals surface area contributed by atoms with Gasteiger partial charge >= 0.3 is 4.96 Å². The number of aliphatic hydroxyl groups excluding tert-OH is 4. The molecule has 19 heteroatoms. The number of halogens is 3. The predicted molar refractivity (Wildman–Crippen MR) is 189 cm³/mol. The Bertz CT molecular complexity index is 1880. The molecule has 0 bridgehead atoms. The van der Waals surface area contributed by atoms with E-state index in [1.165, 1.54) is 33.7 Å². The monoisotopic (exact) mass is 772 g/mol. The van der Waals surface area contributed by atoms with E-state index < -0.39 is 65.2 Å². The van der Waals surface area contributed by atoms with E-state index in [1.54, 1.807) is 0 Å². The van der Waals surface area contributed by atoms with Crippen LogP contribution in [0, 0.1) is 34.2 Å². The van der Waals surface area contributed by atoms with Crippen LogP contribution in [0.15, 0.2) is 64.4 Å². The molecule has 0 aliphatic carbocycles. The van der Waals surface area contributed by atoms with Crippen molar-refractivity contribution < 1.29 is 34.6 Å². The van der Waals surface area contributed by atoms with E-state index in [9.17, 15) is 30.0 Å². The Labute approximate surface area is 306 Å². The molecule has 6 N–H and O–H groups in total. The van der Waals surface area contributed by atoms with E-state index >= 15 is 0 Å². The molecular formula is C30H32BCl3N4O9S2. The molecular weight excluding hydrogens is 742 g/mol. The van der Waals surface area contributed by atoms with E-state index in [1.807, 2.05) is 37.3 Å². The van der Waals surface area contributed by atoms with Gasteiger partial charge in [0.2, 0.25) is 0 Å². The number of aromatic nitrogens is 4. The lowest BCUT2D eigenvalue weighted by molar-refractivity contribution is -0.0930. The number of nitrogens with zero attached hydrogens (tertiary/aromatic N) is 2. The normalized spacial score (nSPS) is 28.6. The molecule has 2 aromatic heterocycles. The van der Waals surface area contributed by atoms with Crippen molar-refractivity contribution in [1.82, 2.24) is 19.1 Å². The van der Waals surface area contributed by atoms with Crippen molar-refractivity contribution in [3.05, 3.63) is 90.7 Å². The number of hydrogen-bond acceptors (Lipinski definition) is 11. The van der Waals surface area contributed by atoms with Crippen LogP contribution in [-0.2, 0) is 20.8 Å². The summed E-state index contributed by atoms with van der Waals surface area (Å²) in [5.74, 6) is 4.78. The number of aromatic amines is 2. The summed E-state index contributed by atoms with van der Waals surface area (Å²) in [4.78, 5) is 26.6. The number of H-pyrrole nitrogens is 2. The first-order valence-corrected chi connectivity index (χ1v) is 16.5. The second-order valence-corrected chi connectivity index (χ2v) is 13.3. The minimum absolute atomic E-state index is 0.00881. The number of aliphatic hydroxyl groups is 4. The van der Waals surface area contributed by atoms with Crippen LogP contribution in [0.3, 0.4) is 0 Å². The molecule has 13 nitrogen and oxygen atoms in total. The molecule has 0 saturated carbocycles. The first-order valence-electron chi connectivity index (χ1n) is 14.4. The van der Waals surface area contributed by atoms with Crippen LogP contribution in [0.4, 0.5) is 0 Å². The van der Waals surface area contributed by atoms with Crippen molar-refractivity contribution in [3.63, 3.8) is 0 Å². The highest BCUT2D eigenvalue weighted by Crippen LogP contribution is 2.41. The molecule has 2 aliphatic rings. The molecule has 5 rings (SSSR count). The lowest BCUT2D eigenvalue weighted by Gasteiger charge is -2.28. The Morgan fingerprint density at radius 2 is 1.37 bits per heavy atom.